The summed E-state index contributed by atoms with van der Waals surface area (Å²) in [6, 6.07) is 4.89. The molecule has 7 nitrogen and oxygen atoms in total. The number of rotatable bonds is 4. The molecule has 0 spiro atoms. The first-order chi connectivity index (χ1) is 11.5. The lowest BCUT2D eigenvalue weighted by Crippen LogP contribution is -2.29. The van der Waals surface area contributed by atoms with Gasteiger partial charge in [0, 0.05) is 24.8 Å². The molecule has 1 aromatic heterocycles. The number of carbonyl (C=O) groups excluding carboxylic acids is 1. The van der Waals surface area contributed by atoms with E-state index in [1.54, 1.807) is 17.0 Å². The predicted octanol–water partition coefficient (Wildman–Crippen LogP) is 3.02. The van der Waals surface area contributed by atoms with E-state index in [1.807, 2.05) is 18.5 Å². The Morgan fingerprint density at radius 1 is 1.38 bits per heavy atom. The molecular formula is C17H20N4O3. The zero-order valence-corrected chi connectivity index (χ0v) is 14.1. The van der Waals surface area contributed by atoms with Gasteiger partial charge >= 0.3 is 0 Å². The van der Waals surface area contributed by atoms with Crippen LogP contribution in [0.2, 0.25) is 0 Å². The molecule has 0 fully saturated rings. The number of hydrogen-bond acceptors (Lipinski definition) is 4. The van der Waals surface area contributed by atoms with Crippen molar-refractivity contribution in [3.8, 4) is 0 Å². The van der Waals surface area contributed by atoms with Crippen LogP contribution in [0.1, 0.15) is 40.7 Å². The normalized spacial score (nSPS) is 13.2. The quantitative estimate of drug-likeness (QED) is 0.638. The van der Waals surface area contributed by atoms with Gasteiger partial charge in [-0.1, -0.05) is 13.0 Å². The molecule has 24 heavy (non-hydrogen) atoms. The Morgan fingerprint density at radius 2 is 2.12 bits per heavy atom. The molecule has 0 saturated carbocycles. The Balaban J connectivity index is 2.01. The second-order valence-electron chi connectivity index (χ2n) is 6.01. The van der Waals surface area contributed by atoms with Crippen molar-refractivity contribution in [2.24, 2.45) is 0 Å². The monoisotopic (exact) mass is 328 g/mol. The van der Waals surface area contributed by atoms with Crippen LogP contribution in [0.25, 0.3) is 0 Å². The number of amides is 1. The first-order valence-corrected chi connectivity index (χ1v) is 8.07. The molecule has 0 saturated heterocycles. The summed E-state index contributed by atoms with van der Waals surface area (Å²) in [5, 5.41) is 15.6. The molecule has 3 rings (SSSR count). The number of hydrogen-bond donors (Lipinski definition) is 0. The third-order valence-electron chi connectivity index (χ3n) is 4.48. The lowest BCUT2D eigenvalue weighted by Gasteiger charge is -2.17. The van der Waals surface area contributed by atoms with Gasteiger partial charge in [0.2, 0.25) is 0 Å². The molecule has 0 N–H and O–H groups in total. The molecule has 1 aromatic carbocycles. The van der Waals surface area contributed by atoms with Gasteiger partial charge in [-0.25, -0.2) is 0 Å². The maximum atomic E-state index is 13.1. The van der Waals surface area contributed by atoms with E-state index in [0.29, 0.717) is 35.5 Å². The number of aromatic nitrogens is 2. The standard InChI is InChI=1S/C17H20N4O3/c1-4-9-20-12(3)16(11(2)18-20)17(22)19-10-8-13-14(19)6-5-7-15(13)21(23)24/h5-7H,4,8-10H2,1-3H3. The highest BCUT2D eigenvalue weighted by Gasteiger charge is 2.33. The Hall–Kier alpha value is -2.70. The van der Waals surface area contributed by atoms with Gasteiger partial charge in [-0.15, -0.1) is 0 Å². The fraction of sp³-hybridized carbons (Fsp3) is 0.412. The van der Waals surface area contributed by atoms with Crippen LogP contribution in [0.15, 0.2) is 18.2 Å². The van der Waals surface area contributed by atoms with Crippen LogP contribution in [0.3, 0.4) is 0 Å². The Kier molecular flexibility index (Phi) is 4.09. The van der Waals surface area contributed by atoms with Crippen molar-refractivity contribution >= 4 is 17.3 Å². The van der Waals surface area contributed by atoms with Crippen LogP contribution >= 0.6 is 0 Å². The Labute approximate surface area is 140 Å². The number of nitro groups is 1. The van der Waals surface area contributed by atoms with Gasteiger partial charge in [-0.05, 0) is 32.8 Å². The van der Waals surface area contributed by atoms with Crippen LogP contribution in [0, 0.1) is 24.0 Å². The highest BCUT2D eigenvalue weighted by atomic mass is 16.6. The van der Waals surface area contributed by atoms with Crippen LogP contribution in [-0.2, 0) is 13.0 Å². The van der Waals surface area contributed by atoms with Crippen molar-refractivity contribution in [1.82, 2.24) is 9.78 Å². The van der Waals surface area contributed by atoms with Crippen LogP contribution in [0.5, 0.6) is 0 Å². The molecule has 0 aliphatic carbocycles. The maximum absolute atomic E-state index is 13.1. The molecule has 0 unspecified atom stereocenters. The lowest BCUT2D eigenvalue weighted by molar-refractivity contribution is -0.385. The van der Waals surface area contributed by atoms with Crippen molar-refractivity contribution in [3.05, 3.63) is 50.8 Å². The zero-order valence-electron chi connectivity index (χ0n) is 14.1. The maximum Gasteiger partial charge on any atom is 0.274 e. The van der Waals surface area contributed by atoms with E-state index in [4.69, 9.17) is 0 Å². The van der Waals surface area contributed by atoms with Crippen LogP contribution in [0.4, 0.5) is 11.4 Å². The largest absolute Gasteiger partial charge is 0.307 e. The first kappa shape index (κ1) is 16.2. The van der Waals surface area contributed by atoms with E-state index in [2.05, 4.69) is 12.0 Å². The summed E-state index contributed by atoms with van der Waals surface area (Å²) in [4.78, 5) is 25.5. The van der Waals surface area contributed by atoms with Gasteiger partial charge in [0.15, 0.2) is 0 Å². The summed E-state index contributed by atoms with van der Waals surface area (Å²) < 4.78 is 1.85. The smallest absolute Gasteiger partial charge is 0.274 e. The van der Waals surface area contributed by atoms with Gasteiger partial charge in [0.25, 0.3) is 11.6 Å². The number of nitrogens with zero attached hydrogens (tertiary/aromatic N) is 4. The number of carbonyl (C=O) groups is 1. The zero-order chi connectivity index (χ0) is 17.4. The molecule has 2 heterocycles. The van der Waals surface area contributed by atoms with Crippen LogP contribution in [-0.4, -0.2) is 27.2 Å². The third-order valence-corrected chi connectivity index (χ3v) is 4.48. The van der Waals surface area contributed by atoms with Gasteiger partial charge < -0.3 is 4.90 Å². The summed E-state index contributed by atoms with van der Waals surface area (Å²) >= 11 is 0. The summed E-state index contributed by atoms with van der Waals surface area (Å²) in [7, 11) is 0. The highest BCUT2D eigenvalue weighted by molar-refractivity contribution is 6.09. The van der Waals surface area contributed by atoms with Gasteiger partial charge in [0.1, 0.15) is 0 Å². The molecule has 126 valence electrons. The van der Waals surface area contributed by atoms with Gasteiger partial charge in [-0.2, -0.15) is 5.10 Å². The number of aryl methyl sites for hydroxylation is 2. The lowest BCUT2D eigenvalue weighted by atomic mass is 10.1. The second-order valence-corrected chi connectivity index (χ2v) is 6.01. The average molecular weight is 328 g/mol. The average Bonchev–Trinajstić information content (AvgIpc) is 3.08. The molecule has 1 aliphatic rings. The van der Waals surface area contributed by atoms with E-state index in [0.717, 1.165) is 18.7 Å². The summed E-state index contributed by atoms with van der Waals surface area (Å²) in [5.41, 5.74) is 3.49. The molecular weight excluding hydrogens is 308 g/mol. The fourth-order valence-corrected chi connectivity index (χ4v) is 3.37. The molecule has 2 aromatic rings. The Bertz CT molecular complexity index is 825. The van der Waals surface area contributed by atoms with Crippen molar-refractivity contribution in [2.45, 2.75) is 40.2 Å². The summed E-state index contributed by atoms with van der Waals surface area (Å²) in [6.07, 6.45) is 1.44. The minimum atomic E-state index is -0.386. The molecule has 0 radical (unpaired) electrons. The minimum absolute atomic E-state index is 0.0814. The van der Waals surface area contributed by atoms with E-state index in [9.17, 15) is 14.9 Å². The van der Waals surface area contributed by atoms with Gasteiger partial charge in [-0.3, -0.25) is 19.6 Å². The van der Waals surface area contributed by atoms with Crippen LogP contribution < -0.4 is 4.90 Å². The number of anilines is 1. The van der Waals surface area contributed by atoms with Crippen molar-refractivity contribution in [1.29, 1.82) is 0 Å². The van der Waals surface area contributed by atoms with Crippen molar-refractivity contribution in [2.75, 3.05) is 11.4 Å². The van der Waals surface area contributed by atoms with E-state index >= 15 is 0 Å². The summed E-state index contributed by atoms with van der Waals surface area (Å²) in [6.45, 7) is 7.01. The number of fused-ring (bicyclic) bond motifs is 1. The second kappa shape index (κ2) is 6.07. The number of nitro benzene ring substituents is 1. The summed E-state index contributed by atoms with van der Waals surface area (Å²) in [5.74, 6) is -0.133. The minimum Gasteiger partial charge on any atom is -0.307 e. The first-order valence-electron chi connectivity index (χ1n) is 8.07. The molecule has 0 bridgehead atoms. The SMILES string of the molecule is CCCn1nc(C)c(C(=O)N2CCc3c2cccc3[N+](=O)[O-])c1C. The molecule has 1 aliphatic heterocycles. The van der Waals surface area contributed by atoms with Crippen molar-refractivity contribution in [3.63, 3.8) is 0 Å². The number of benzene rings is 1. The van der Waals surface area contributed by atoms with E-state index in [1.165, 1.54) is 6.07 Å². The molecule has 0 atom stereocenters. The topological polar surface area (TPSA) is 81.3 Å². The van der Waals surface area contributed by atoms with Crippen molar-refractivity contribution < 1.29 is 9.72 Å². The predicted molar refractivity (Wildman–Crippen MR) is 90.5 cm³/mol. The fourth-order valence-electron chi connectivity index (χ4n) is 3.37. The Morgan fingerprint density at radius 3 is 2.79 bits per heavy atom. The van der Waals surface area contributed by atoms with Gasteiger partial charge in [0.05, 0.1) is 27.4 Å². The van der Waals surface area contributed by atoms with E-state index in [-0.39, 0.29) is 16.5 Å². The van der Waals surface area contributed by atoms with E-state index < -0.39 is 0 Å². The third kappa shape index (κ3) is 2.46. The molecule has 7 heteroatoms. The highest BCUT2D eigenvalue weighted by Crippen LogP contribution is 2.36. The molecule has 1 amide bonds.